The number of carboxylic acid groups (broad SMARTS) is 1. The van der Waals surface area contributed by atoms with E-state index in [0.29, 0.717) is 11.0 Å². The van der Waals surface area contributed by atoms with Crippen LogP contribution in [0.15, 0.2) is 24.3 Å². The summed E-state index contributed by atoms with van der Waals surface area (Å²) in [5, 5.41) is 8.85. The number of anilines is 1. The summed E-state index contributed by atoms with van der Waals surface area (Å²) in [5.74, 6) is 0.783. The fourth-order valence-electron chi connectivity index (χ4n) is 3.16. The zero-order valence-electron chi connectivity index (χ0n) is 10.2. The van der Waals surface area contributed by atoms with Gasteiger partial charge in [0, 0.05) is 18.8 Å². The molecule has 1 N–H and O–H groups in total. The summed E-state index contributed by atoms with van der Waals surface area (Å²) >= 11 is 0. The van der Waals surface area contributed by atoms with E-state index in [1.807, 2.05) is 12.1 Å². The largest absolute Gasteiger partial charge is 0.478 e. The van der Waals surface area contributed by atoms with E-state index in [-0.39, 0.29) is 0 Å². The average molecular weight is 231 g/mol. The van der Waals surface area contributed by atoms with E-state index in [4.69, 9.17) is 5.11 Å². The summed E-state index contributed by atoms with van der Waals surface area (Å²) in [6, 6.07) is 7.21. The van der Waals surface area contributed by atoms with Gasteiger partial charge in [-0.15, -0.1) is 0 Å². The monoisotopic (exact) mass is 231 g/mol. The van der Waals surface area contributed by atoms with Crippen molar-refractivity contribution in [2.75, 3.05) is 18.0 Å². The van der Waals surface area contributed by atoms with E-state index in [1.54, 1.807) is 12.1 Å². The van der Waals surface area contributed by atoms with Gasteiger partial charge in [0.15, 0.2) is 0 Å². The number of aromatic carboxylic acids is 1. The van der Waals surface area contributed by atoms with Crippen molar-refractivity contribution in [3.8, 4) is 0 Å². The van der Waals surface area contributed by atoms with Gasteiger partial charge in [-0.05, 0) is 41.5 Å². The fraction of sp³-hybridized carbons (Fsp3) is 0.500. The molecule has 3 rings (SSSR count). The van der Waals surface area contributed by atoms with Crippen LogP contribution < -0.4 is 4.90 Å². The number of carboxylic acids is 1. The van der Waals surface area contributed by atoms with Crippen molar-refractivity contribution in [3.05, 3.63) is 29.8 Å². The van der Waals surface area contributed by atoms with E-state index < -0.39 is 5.97 Å². The fourth-order valence-corrected chi connectivity index (χ4v) is 3.16. The second kappa shape index (κ2) is 3.25. The Bertz CT molecular complexity index is 450. The number of hydrogen-bond acceptors (Lipinski definition) is 2. The highest BCUT2D eigenvalue weighted by molar-refractivity contribution is 5.88. The minimum absolute atomic E-state index is 0.360. The van der Waals surface area contributed by atoms with Crippen LogP contribution >= 0.6 is 0 Å². The molecule has 2 unspecified atom stereocenters. The first-order valence-electron chi connectivity index (χ1n) is 6.08. The SMILES string of the molecule is CC1(C)C2CN(c3ccc(C(=O)O)cc3)CC21. The van der Waals surface area contributed by atoms with Gasteiger partial charge >= 0.3 is 5.97 Å². The molecule has 2 atom stereocenters. The van der Waals surface area contributed by atoms with Gasteiger partial charge in [-0.2, -0.15) is 0 Å². The van der Waals surface area contributed by atoms with E-state index in [9.17, 15) is 4.79 Å². The third-order valence-electron chi connectivity index (χ3n) is 4.60. The Hall–Kier alpha value is -1.51. The number of nitrogens with zero attached hydrogens (tertiary/aromatic N) is 1. The van der Waals surface area contributed by atoms with Crippen LogP contribution in [-0.4, -0.2) is 24.2 Å². The first kappa shape index (κ1) is 10.6. The molecule has 0 bridgehead atoms. The van der Waals surface area contributed by atoms with Gasteiger partial charge in [-0.3, -0.25) is 0 Å². The van der Waals surface area contributed by atoms with Gasteiger partial charge in [-0.1, -0.05) is 13.8 Å². The summed E-state index contributed by atoms with van der Waals surface area (Å²) in [5.41, 5.74) is 2.04. The van der Waals surface area contributed by atoms with Crippen molar-refractivity contribution in [2.45, 2.75) is 13.8 Å². The third-order valence-corrected chi connectivity index (χ3v) is 4.60. The highest BCUT2D eigenvalue weighted by Crippen LogP contribution is 2.62. The molecule has 0 radical (unpaired) electrons. The van der Waals surface area contributed by atoms with Crippen LogP contribution in [0.25, 0.3) is 0 Å². The Morgan fingerprint density at radius 1 is 1.24 bits per heavy atom. The molecule has 0 spiro atoms. The van der Waals surface area contributed by atoms with Crippen LogP contribution in [0.4, 0.5) is 5.69 Å². The van der Waals surface area contributed by atoms with Crippen LogP contribution in [0.5, 0.6) is 0 Å². The Balaban J connectivity index is 1.73. The zero-order valence-corrected chi connectivity index (χ0v) is 10.2. The average Bonchev–Trinajstić information content (AvgIpc) is 2.70. The van der Waals surface area contributed by atoms with Crippen molar-refractivity contribution in [1.29, 1.82) is 0 Å². The van der Waals surface area contributed by atoms with Crippen LogP contribution in [0, 0.1) is 17.3 Å². The number of benzene rings is 1. The molecule has 2 fully saturated rings. The smallest absolute Gasteiger partial charge is 0.335 e. The molecule has 0 aromatic heterocycles. The summed E-state index contributed by atoms with van der Waals surface area (Å²) < 4.78 is 0. The van der Waals surface area contributed by atoms with E-state index in [2.05, 4.69) is 18.7 Å². The van der Waals surface area contributed by atoms with Crippen LogP contribution in [0.1, 0.15) is 24.2 Å². The van der Waals surface area contributed by atoms with Gasteiger partial charge in [0.2, 0.25) is 0 Å². The maximum absolute atomic E-state index is 10.8. The minimum atomic E-state index is -0.859. The maximum Gasteiger partial charge on any atom is 0.335 e. The van der Waals surface area contributed by atoms with Crippen LogP contribution in [-0.2, 0) is 0 Å². The lowest BCUT2D eigenvalue weighted by atomic mass is 10.1. The van der Waals surface area contributed by atoms with Crippen LogP contribution in [0.2, 0.25) is 0 Å². The van der Waals surface area contributed by atoms with Crippen LogP contribution in [0.3, 0.4) is 0 Å². The number of piperidine rings is 1. The van der Waals surface area contributed by atoms with Gasteiger partial charge in [0.05, 0.1) is 5.56 Å². The Morgan fingerprint density at radius 2 is 1.76 bits per heavy atom. The van der Waals surface area contributed by atoms with E-state index in [0.717, 1.165) is 30.6 Å². The molecule has 1 aliphatic carbocycles. The van der Waals surface area contributed by atoms with Crippen molar-refractivity contribution in [2.24, 2.45) is 17.3 Å². The predicted molar refractivity (Wildman–Crippen MR) is 66.4 cm³/mol. The Morgan fingerprint density at radius 3 is 2.24 bits per heavy atom. The summed E-state index contributed by atoms with van der Waals surface area (Å²) in [6.07, 6.45) is 0. The molecule has 2 aliphatic rings. The van der Waals surface area contributed by atoms with Gasteiger partial charge in [0.25, 0.3) is 0 Å². The van der Waals surface area contributed by atoms with Crippen molar-refractivity contribution in [1.82, 2.24) is 0 Å². The van der Waals surface area contributed by atoms with Crippen molar-refractivity contribution >= 4 is 11.7 Å². The standard InChI is InChI=1S/C14H17NO2/c1-14(2)11-7-15(8-12(11)14)10-5-3-9(4-6-10)13(16)17/h3-6,11-12H,7-8H2,1-2H3,(H,16,17). The number of hydrogen-bond donors (Lipinski definition) is 1. The molecule has 0 amide bonds. The molecular weight excluding hydrogens is 214 g/mol. The summed E-state index contributed by atoms with van der Waals surface area (Å²) in [6.45, 7) is 6.91. The normalized spacial score (nSPS) is 28.9. The molecule has 1 heterocycles. The van der Waals surface area contributed by atoms with Gasteiger partial charge < -0.3 is 10.0 Å². The Kier molecular flexibility index (Phi) is 2.03. The first-order chi connectivity index (χ1) is 8.00. The number of fused-ring (bicyclic) bond motifs is 1. The quantitative estimate of drug-likeness (QED) is 0.850. The molecule has 1 aromatic rings. The molecule has 1 saturated heterocycles. The molecule has 3 nitrogen and oxygen atoms in total. The number of carbonyl (C=O) groups is 1. The molecule has 90 valence electrons. The molecule has 1 aliphatic heterocycles. The zero-order chi connectivity index (χ0) is 12.2. The summed E-state index contributed by atoms with van der Waals surface area (Å²) in [7, 11) is 0. The second-order valence-electron chi connectivity index (χ2n) is 5.79. The molecule has 1 aromatic carbocycles. The highest BCUT2D eigenvalue weighted by Gasteiger charge is 2.61. The second-order valence-corrected chi connectivity index (χ2v) is 5.79. The lowest BCUT2D eigenvalue weighted by Gasteiger charge is -2.24. The van der Waals surface area contributed by atoms with Gasteiger partial charge in [0.1, 0.15) is 0 Å². The lowest BCUT2D eigenvalue weighted by Crippen LogP contribution is -2.26. The molecular formula is C14H17NO2. The molecule has 1 saturated carbocycles. The maximum atomic E-state index is 10.8. The van der Waals surface area contributed by atoms with Gasteiger partial charge in [-0.25, -0.2) is 4.79 Å². The molecule has 3 heteroatoms. The third kappa shape index (κ3) is 1.53. The Labute approximate surface area is 101 Å². The minimum Gasteiger partial charge on any atom is -0.478 e. The first-order valence-corrected chi connectivity index (χ1v) is 6.08. The predicted octanol–water partition coefficient (Wildman–Crippen LogP) is 2.48. The highest BCUT2D eigenvalue weighted by atomic mass is 16.4. The number of rotatable bonds is 2. The van der Waals surface area contributed by atoms with Crippen molar-refractivity contribution in [3.63, 3.8) is 0 Å². The molecule has 17 heavy (non-hydrogen) atoms. The van der Waals surface area contributed by atoms with Crippen molar-refractivity contribution < 1.29 is 9.90 Å². The summed E-state index contributed by atoms with van der Waals surface area (Å²) in [4.78, 5) is 13.1. The topological polar surface area (TPSA) is 40.5 Å². The van der Waals surface area contributed by atoms with E-state index >= 15 is 0 Å². The van der Waals surface area contributed by atoms with E-state index in [1.165, 1.54) is 0 Å². The lowest BCUT2D eigenvalue weighted by molar-refractivity contribution is 0.0697.